The number of hydrogen-bond acceptors (Lipinski definition) is 3. The molecule has 1 aliphatic rings. The number of nitrogens with one attached hydrogen (secondary N) is 2. The average Bonchev–Trinajstić information content (AvgIpc) is 3.25. The minimum atomic E-state index is -0.453. The Kier molecular flexibility index (Phi) is 4.97. The van der Waals surface area contributed by atoms with Crippen LogP contribution < -0.4 is 10.6 Å². The summed E-state index contributed by atoms with van der Waals surface area (Å²) in [6.45, 7) is 6.37. The Morgan fingerprint density at radius 1 is 1.23 bits per heavy atom. The van der Waals surface area contributed by atoms with Crippen LogP contribution in [0.25, 0.3) is 5.69 Å². The maximum atomic E-state index is 12.7. The summed E-state index contributed by atoms with van der Waals surface area (Å²) < 4.78 is 1.73. The van der Waals surface area contributed by atoms with Crippen LogP contribution >= 0.6 is 0 Å². The van der Waals surface area contributed by atoms with Crippen LogP contribution in [0.5, 0.6) is 0 Å². The van der Waals surface area contributed by atoms with Gasteiger partial charge in [-0.1, -0.05) is 6.07 Å². The summed E-state index contributed by atoms with van der Waals surface area (Å²) in [6, 6.07) is 8.67. The molecule has 0 bridgehead atoms. The number of aromatic nitrogens is 2. The van der Waals surface area contributed by atoms with E-state index in [0.29, 0.717) is 18.7 Å². The van der Waals surface area contributed by atoms with E-state index in [0.717, 1.165) is 12.1 Å². The molecule has 2 N–H and O–H groups in total. The van der Waals surface area contributed by atoms with Crippen molar-refractivity contribution in [2.45, 2.75) is 45.2 Å². The second-order valence-corrected chi connectivity index (χ2v) is 7.52. The van der Waals surface area contributed by atoms with Gasteiger partial charge in [0.2, 0.25) is 5.91 Å². The molecule has 0 saturated carbocycles. The summed E-state index contributed by atoms with van der Waals surface area (Å²) >= 11 is 0. The topological polar surface area (TPSA) is 79.3 Å². The van der Waals surface area contributed by atoms with Gasteiger partial charge in [-0.2, -0.15) is 5.10 Å². The third-order valence-electron chi connectivity index (χ3n) is 4.18. The van der Waals surface area contributed by atoms with Crippen molar-refractivity contribution < 1.29 is 9.59 Å². The molecular formula is C19H25N5O2. The van der Waals surface area contributed by atoms with E-state index in [-0.39, 0.29) is 17.5 Å². The van der Waals surface area contributed by atoms with Crippen molar-refractivity contribution in [2.24, 2.45) is 0 Å². The highest BCUT2D eigenvalue weighted by molar-refractivity contribution is 5.97. The summed E-state index contributed by atoms with van der Waals surface area (Å²) in [6.07, 6.45) is 5.04. The molecule has 7 heteroatoms. The van der Waals surface area contributed by atoms with Crippen molar-refractivity contribution in [1.29, 1.82) is 0 Å². The molecule has 1 aromatic carbocycles. The molecule has 3 rings (SSSR count). The van der Waals surface area contributed by atoms with Crippen molar-refractivity contribution in [2.75, 3.05) is 11.9 Å². The van der Waals surface area contributed by atoms with E-state index in [1.54, 1.807) is 15.8 Å². The van der Waals surface area contributed by atoms with Crippen LogP contribution in [0.3, 0.4) is 0 Å². The van der Waals surface area contributed by atoms with Crippen LogP contribution in [-0.4, -0.2) is 44.7 Å². The van der Waals surface area contributed by atoms with E-state index in [2.05, 4.69) is 15.7 Å². The minimum Gasteiger partial charge on any atom is -0.333 e. The highest BCUT2D eigenvalue weighted by atomic mass is 16.2. The second kappa shape index (κ2) is 7.19. The van der Waals surface area contributed by atoms with E-state index in [9.17, 15) is 9.59 Å². The first-order chi connectivity index (χ1) is 12.3. The van der Waals surface area contributed by atoms with Crippen LogP contribution in [0.15, 0.2) is 42.7 Å². The molecule has 0 unspecified atom stereocenters. The average molecular weight is 355 g/mol. The van der Waals surface area contributed by atoms with E-state index in [1.165, 1.54) is 0 Å². The van der Waals surface area contributed by atoms with Gasteiger partial charge in [0.1, 0.15) is 6.04 Å². The molecule has 1 fully saturated rings. The van der Waals surface area contributed by atoms with Gasteiger partial charge in [0.15, 0.2) is 0 Å². The molecule has 26 heavy (non-hydrogen) atoms. The van der Waals surface area contributed by atoms with E-state index >= 15 is 0 Å². The number of likely N-dealkylation sites (tertiary alicyclic amines) is 1. The summed E-state index contributed by atoms with van der Waals surface area (Å²) in [4.78, 5) is 26.8. The van der Waals surface area contributed by atoms with Crippen molar-refractivity contribution in [3.63, 3.8) is 0 Å². The number of benzene rings is 1. The number of nitrogens with zero attached hydrogens (tertiary/aromatic N) is 3. The SMILES string of the molecule is CC(C)(C)NC(=O)N1CCC[C@H]1C(=O)Nc1cccc(-n2cccn2)c1. The smallest absolute Gasteiger partial charge is 0.318 e. The molecule has 3 amide bonds. The lowest BCUT2D eigenvalue weighted by Gasteiger charge is -2.29. The Hall–Kier alpha value is -2.83. The number of carbonyl (C=O) groups excluding carboxylic acids is 2. The predicted molar refractivity (Wildman–Crippen MR) is 100 cm³/mol. The fourth-order valence-electron chi connectivity index (χ4n) is 3.05. The van der Waals surface area contributed by atoms with Gasteiger partial charge < -0.3 is 15.5 Å². The van der Waals surface area contributed by atoms with E-state index in [4.69, 9.17) is 0 Å². The molecule has 7 nitrogen and oxygen atoms in total. The summed E-state index contributed by atoms with van der Waals surface area (Å²) in [5, 5.41) is 10.1. The van der Waals surface area contributed by atoms with Crippen LogP contribution in [0.4, 0.5) is 10.5 Å². The third-order valence-corrected chi connectivity index (χ3v) is 4.18. The lowest BCUT2D eigenvalue weighted by atomic mass is 10.1. The van der Waals surface area contributed by atoms with Crippen molar-refractivity contribution in [3.05, 3.63) is 42.7 Å². The van der Waals surface area contributed by atoms with Gasteiger partial charge >= 0.3 is 6.03 Å². The molecule has 2 heterocycles. The Balaban J connectivity index is 1.69. The summed E-state index contributed by atoms with van der Waals surface area (Å²) in [5.74, 6) is -0.163. The van der Waals surface area contributed by atoms with Crippen LogP contribution in [-0.2, 0) is 4.79 Å². The van der Waals surface area contributed by atoms with Gasteiger partial charge in [-0.25, -0.2) is 9.48 Å². The number of rotatable bonds is 3. The van der Waals surface area contributed by atoms with Gasteiger partial charge in [0.25, 0.3) is 0 Å². The molecule has 0 aliphatic carbocycles. The van der Waals surface area contributed by atoms with Gasteiger partial charge in [0.05, 0.1) is 5.69 Å². The molecule has 0 radical (unpaired) electrons. The molecule has 1 aliphatic heterocycles. The van der Waals surface area contributed by atoms with Crippen molar-refractivity contribution in [3.8, 4) is 5.69 Å². The van der Waals surface area contributed by atoms with Gasteiger partial charge in [0, 0.05) is 30.2 Å². The monoisotopic (exact) mass is 355 g/mol. The number of anilines is 1. The lowest BCUT2D eigenvalue weighted by molar-refractivity contribution is -0.119. The minimum absolute atomic E-state index is 0.163. The molecule has 1 saturated heterocycles. The summed E-state index contributed by atoms with van der Waals surface area (Å²) in [5.41, 5.74) is 1.21. The molecule has 1 aromatic heterocycles. The molecule has 2 aromatic rings. The normalized spacial score (nSPS) is 17.2. The second-order valence-electron chi connectivity index (χ2n) is 7.52. The number of carbonyl (C=O) groups is 2. The summed E-state index contributed by atoms with van der Waals surface area (Å²) in [7, 11) is 0. The van der Waals surface area contributed by atoms with Crippen LogP contribution in [0, 0.1) is 0 Å². The molecular weight excluding hydrogens is 330 g/mol. The Morgan fingerprint density at radius 3 is 2.73 bits per heavy atom. The Morgan fingerprint density at radius 2 is 2.04 bits per heavy atom. The Labute approximate surface area is 153 Å². The highest BCUT2D eigenvalue weighted by Crippen LogP contribution is 2.21. The first-order valence-electron chi connectivity index (χ1n) is 8.83. The largest absolute Gasteiger partial charge is 0.333 e. The lowest BCUT2D eigenvalue weighted by Crippen LogP contribution is -2.52. The first-order valence-corrected chi connectivity index (χ1v) is 8.83. The molecule has 1 atom stereocenters. The highest BCUT2D eigenvalue weighted by Gasteiger charge is 2.35. The van der Waals surface area contributed by atoms with E-state index < -0.39 is 6.04 Å². The maximum absolute atomic E-state index is 12.7. The molecule has 0 spiro atoms. The standard InChI is InChI=1S/C19H25N5O2/c1-19(2,3)22-18(26)23-11-5-9-16(23)17(25)21-14-7-4-8-15(13-14)24-12-6-10-20-24/h4,6-8,10,12-13,16H,5,9,11H2,1-3H3,(H,21,25)(H,22,26)/t16-/m0/s1. The zero-order chi connectivity index (χ0) is 18.7. The Bertz CT molecular complexity index is 779. The number of hydrogen-bond donors (Lipinski definition) is 2. The molecule has 138 valence electrons. The van der Waals surface area contributed by atoms with Crippen molar-refractivity contribution >= 4 is 17.6 Å². The van der Waals surface area contributed by atoms with Gasteiger partial charge in [-0.3, -0.25) is 4.79 Å². The first kappa shape index (κ1) is 18.0. The number of amides is 3. The number of urea groups is 1. The predicted octanol–water partition coefficient (Wildman–Crippen LogP) is 2.78. The third kappa shape index (κ3) is 4.22. The van der Waals surface area contributed by atoms with Gasteiger partial charge in [-0.15, -0.1) is 0 Å². The van der Waals surface area contributed by atoms with Crippen LogP contribution in [0.2, 0.25) is 0 Å². The zero-order valence-electron chi connectivity index (χ0n) is 15.4. The van der Waals surface area contributed by atoms with Gasteiger partial charge in [-0.05, 0) is 57.9 Å². The van der Waals surface area contributed by atoms with E-state index in [1.807, 2.05) is 57.3 Å². The quantitative estimate of drug-likeness (QED) is 0.888. The van der Waals surface area contributed by atoms with Crippen molar-refractivity contribution in [1.82, 2.24) is 20.0 Å². The maximum Gasteiger partial charge on any atom is 0.318 e. The fourth-order valence-corrected chi connectivity index (χ4v) is 3.05. The fraction of sp³-hybridized carbons (Fsp3) is 0.421. The zero-order valence-corrected chi connectivity index (χ0v) is 15.4. The van der Waals surface area contributed by atoms with Crippen LogP contribution in [0.1, 0.15) is 33.6 Å².